The molecule has 2 N–H and O–H groups in total. The molecule has 0 fully saturated rings. The van der Waals surface area contributed by atoms with E-state index in [1.807, 2.05) is 48.5 Å². The molecule has 0 bridgehead atoms. The number of hydrogen-bond acceptors (Lipinski definition) is 5. The second-order valence-corrected chi connectivity index (χ2v) is 8.07. The Bertz CT molecular complexity index is 1250. The fraction of sp³-hybridized carbons (Fsp3) is 0.0909. The molecular formula is C22H17ClN4O2S. The van der Waals surface area contributed by atoms with Crippen LogP contribution in [0.25, 0.3) is 21.3 Å². The Morgan fingerprint density at radius 3 is 2.63 bits per heavy atom. The van der Waals surface area contributed by atoms with E-state index >= 15 is 0 Å². The number of pyridine rings is 1. The van der Waals surface area contributed by atoms with Gasteiger partial charge < -0.3 is 10.6 Å². The molecule has 0 radical (unpaired) electrons. The van der Waals surface area contributed by atoms with Gasteiger partial charge in [0, 0.05) is 18.1 Å². The van der Waals surface area contributed by atoms with Gasteiger partial charge >= 0.3 is 0 Å². The lowest BCUT2D eigenvalue weighted by atomic mass is 10.1. The first-order valence-electron chi connectivity index (χ1n) is 9.16. The van der Waals surface area contributed by atoms with Crippen LogP contribution in [0.4, 0.5) is 10.9 Å². The molecule has 0 saturated heterocycles. The fourth-order valence-corrected chi connectivity index (χ4v) is 4.14. The van der Waals surface area contributed by atoms with E-state index in [0.717, 1.165) is 26.9 Å². The molecule has 2 amide bonds. The van der Waals surface area contributed by atoms with Crippen molar-refractivity contribution >= 4 is 55.9 Å². The predicted molar refractivity (Wildman–Crippen MR) is 121 cm³/mol. The Labute approximate surface area is 181 Å². The molecule has 150 valence electrons. The third-order valence-corrected chi connectivity index (χ3v) is 5.64. The number of anilines is 2. The maximum absolute atomic E-state index is 12.4. The molecule has 0 unspecified atom stereocenters. The molecule has 4 rings (SSSR count). The van der Waals surface area contributed by atoms with E-state index in [9.17, 15) is 9.59 Å². The third kappa shape index (κ3) is 4.64. The van der Waals surface area contributed by atoms with Crippen molar-refractivity contribution in [3.05, 3.63) is 71.4 Å². The van der Waals surface area contributed by atoms with E-state index in [1.165, 1.54) is 18.3 Å². The molecule has 0 spiro atoms. The summed E-state index contributed by atoms with van der Waals surface area (Å²) in [5, 5.41) is 6.66. The van der Waals surface area contributed by atoms with E-state index in [4.69, 9.17) is 11.6 Å². The molecule has 0 aliphatic heterocycles. The number of rotatable bonds is 5. The highest BCUT2D eigenvalue weighted by atomic mass is 35.5. The molecular weight excluding hydrogens is 420 g/mol. The summed E-state index contributed by atoms with van der Waals surface area (Å²) in [6.07, 6.45) is 1.82. The van der Waals surface area contributed by atoms with Gasteiger partial charge in [0.05, 0.1) is 16.6 Å². The van der Waals surface area contributed by atoms with Crippen LogP contribution >= 0.6 is 22.9 Å². The number of carbonyl (C=O) groups is 2. The SMILES string of the molecule is CC(=O)Nc1nc2ccc(-c3ccnc(NC(=O)Cc4ccccc4Cl)c3)cc2s1. The maximum Gasteiger partial charge on any atom is 0.230 e. The van der Waals surface area contributed by atoms with E-state index in [2.05, 4.69) is 20.6 Å². The molecule has 2 aromatic carbocycles. The average Bonchev–Trinajstić information content (AvgIpc) is 3.10. The minimum absolute atomic E-state index is 0.152. The standard InChI is InChI=1S/C22H17ClN4O2S/c1-13(28)25-22-26-18-7-6-14(10-19(18)30-22)15-8-9-24-20(11-15)27-21(29)12-16-4-2-3-5-17(16)23/h2-11H,12H2,1H3,(H,24,27,29)(H,25,26,28). The molecule has 0 atom stereocenters. The van der Waals surface area contributed by atoms with Gasteiger partial charge in [-0.25, -0.2) is 9.97 Å². The van der Waals surface area contributed by atoms with Crippen LogP contribution in [0.15, 0.2) is 60.8 Å². The van der Waals surface area contributed by atoms with E-state index < -0.39 is 0 Å². The number of thiazole rings is 1. The molecule has 30 heavy (non-hydrogen) atoms. The number of amides is 2. The van der Waals surface area contributed by atoms with Gasteiger partial charge in [-0.05, 0) is 47.0 Å². The second kappa shape index (κ2) is 8.61. The van der Waals surface area contributed by atoms with Gasteiger partial charge in [0.25, 0.3) is 0 Å². The highest BCUT2D eigenvalue weighted by molar-refractivity contribution is 7.22. The van der Waals surface area contributed by atoms with Crippen LogP contribution < -0.4 is 10.6 Å². The molecule has 0 saturated carbocycles. The zero-order valence-electron chi connectivity index (χ0n) is 16.0. The molecule has 2 heterocycles. The monoisotopic (exact) mass is 436 g/mol. The quantitative estimate of drug-likeness (QED) is 0.453. The summed E-state index contributed by atoms with van der Waals surface area (Å²) in [6, 6.07) is 16.8. The number of hydrogen-bond donors (Lipinski definition) is 2. The van der Waals surface area contributed by atoms with Gasteiger partial charge in [0.1, 0.15) is 5.82 Å². The molecule has 2 aromatic heterocycles. The zero-order valence-corrected chi connectivity index (χ0v) is 17.6. The lowest BCUT2D eigenvalue weighted by Gasteiger charge is -2.08. The van der Waals surface area contributed by atoms with E-state index in [1.54, 1.807) is 12.3 Å². The lowest BCUT2D eigenvalue weighted by molar-refractivity contribution is -0.116. The maximum atomic E-state index is 12.4. The number of benzene rings is 2. The summed E-state index contributed by atoms with van der Waals surface area (Å²) in [6.45, 7) is 1.45. The number of fused-ring (bicyclic) bond motifs is 1. The largest absolute Gasteiger partial charge is 0.310 e. The van der Waals surface area contributed by atoms with Crippen LogP contribution in [-0.2, 0) is 16.0 Å². The molecule has 6 nitrogen and oxygen atoms in total. The summed E-state index contributed by atoms with van der Waals surface area (Å²) in [4.78, 5) is 32.3. The van der Waals surface area contributed by atoms with Crippen LogP contribution in [0.2, 0.25) is 5.02 Å². The van der Waals surface area contributed by atoms with Crippen molar-refractivity contribution in [3.8, 4) is 11.1 Å². The smallest absolute Gasteiger partial charge is 0.230 e. The van der Waals surface area contributed by atoms with Gasteiger partial charge in [-0.15, -0.1) is 0 Å². The van der Waals surface area contributed by atoms with Gasteiger partial charge in [0.2, 0.25) is 11.8 Å². The molecule has 0 aliphatic rings. The topological polar surface area (TPSA) is 84.0 Å². The molecule has 0 aliphatic carbocycles. The fourth-order valence-electron chi connectivity index (χ4n) is 2.99. The first kappa shape index (κ1) is 20.0. The highest BCUT2D eigenvalue weighted by Crippen LogP contribution is 2.31. The number of carbonyl (C=O) groups excluding carboxylic acids is 2. The van der Waals surface area contributed by atoms with Crippen molar-refractivity contribution in [2.75, 3.05) is 10.6 Å². The number of nitrogens with one attached hydrogen (secondary N) is 2. The summed E-state index contributed by atoms with van der Waals surface area (Å²) in [5.41, 5.74) is 3.45. The Hall–Kier alpha value is -3.29. The number of halogens is 1. The van der Waals surface area contributed by atoms with Crippen molar-refractivity contribution in [2.24, 2.45) is 0 Å². The number of nitrogens with zero attached hydrogens (tertiary/aromatic N) is 2. The predicted octanol–water partition coefficient (Wildman–Crippen LogP) is 5.15. The summed E-state index contributed by atoms with van der Waals surface area (Å²) in [7, 11) is 0. The second-order valence-electron chi connectivity index (χ2n) is 6.63. The Kier molecular flexibility index (Phi) is 5.74. The highest BCUT2D eigenvalue weighted by Gasteiger charge is 2.10. The molecule has 8 heteroatoms. The van der Waals surface area contributed by atoms with Crippen LogP contribution in [0.3, 0.4) is 0 Å². The van der Waals surface area contributed by atoms with Gasteiger partial charge in [-0.1, -0.05) is 47.2 Å². The minimum atomic E-state index is -0.189. The first-order valence-corrected chi connectivity index (χ1v) is 10.4. The first-order chi connectivity index (χ1) is 14.5. The van der Waals surface area contributed by atoms with Crippen molar-refractivity contribution in [3.63, 3.8) is 0 Å². The Morgan fingerprint density at radius 1 is 1.03 bits per heavy atom. The van der Waals surface area contributed by atoms with Crippen molar-refractivity contribution in [2.45, 2.75) is 13.3 Å². The zero-order chi connectivity index (χ0) is 21.1. The summed E-state index contributed by atoms with van der Waals surface area (Å²) < 4.78 is 0.956. The van der Waals surface area contributed by atoms with Crippen LogP contribution in [-0.4, -0.2) is 21.8 Å². The minimum Gasteiger partial charge on any atom is -0.310 e. The van der Waals surface area contributed by atoms with Gasteiger partial charge in [-0.3, -0.25) is 9.59 Å². The van der Waals surface area contributed by atoms with Crippen LogP contribution in [0.1, 0.15) is 12.5 Å². The summed E-state index contributed by atoms with van der Waals surface area (Å²) in [5.74, 6) is 0.124. The van der Waals surface area contributed by atoms with Crippen molar-refractivity contribution < 1.29 is 9.59 Å². The molecule has 4 aromatic rings. The van der Waals surface area contributed by atoms with E-state index in [0.29, 0.717) is 16.0 Å². The van der Waals surface area contributed by atoms with Gasteiger partial charge in [-0.2, -0.15) is 0 Å². The van der Waals surface area contributed by atoms with E-state index in [-0.39, 0.29) is 18.2 Å². The third-order valence-electron chi connectivity index (χ3n) is 4.34. The van der Waals surface area contributed by atoms with Crippen molar-refractivity contribution in [1.29, 1.82) is 0 Å². The van der Waals surface area contributed by atoms with Crippen molar-refractivity contribution in [1.82, 2.24) is 9.97 Å². The lowest BCUT2D eigenvalue weighted by Crippen LogP contribution is -2.15. The summed E-state index contributed by atoms with van der Waals surface area (Å²) >= 11 is 7.54. The van der Waals surface area contributed by atoms with Crippen LogP contribution in [0.5, 0.6) is 0 Å². The number of aromatic nitrogens is 2. The van der Waals surface area contributed by atoms with Crippen LogP contribution in [0, 0.1) is 0 Å². The average molecular weight is 437 g/mol. The van der Waals surface area contributed by atoms with Gasteiger partial charge in [0.15, 0.2) is 5.13 Å². The Balaban J connectivity index is 1.53. The Morgan fingerprint density at radius 2 is 1.83 bits per heavy atom. The normalized spacial score (nSPS) is 10.7.